The van der Waals surface area contributed by atoms with E-state index in [0.717, 1.165) is 5.56 Å². The second-order valence-corrected chi connectivity index (χ2v) is 9.22. The standard InChI is InChI=1S/C25H41N9O6/c26-11-5-4-9-18(24(39)40)33-22(37)17(10-6-12-31-25(29)30)32-23(38)19(14-20(28)35)34-21(36)16(27)13-15-7-2-1-3-8-15/h1-3,7-8,16-19H,4-6,9-14,26-27H2,(H2,28,35)(H,32,38)(H,33,37)(H,34,36)(H,39,40)(H4,29,30,31). The number of amides is 4. The minimum atomic E-state index is -1.43. The van der Waals surface area contributed by atoms with Gasteiger partial charge in [-0.1, -0.05) is 30.3 Å². The molecule has 1 aromatic rings. The van der Waals surface area contributed by atoms with Crippen molar-refractivity contribution in [2.75, 3.05) is 13.1 Å². The van der Waals surface area contributed by atoms with Crippen LogP contribution >= 0.6 is 0 Å². The maximum atomic E-state index is 13.1. The van der Waals surface area contributed by atoms with Crippen LogP contribution in [0.25, 0.3) is 0 Å². The Bertz CT molecular complexity index is 1020. The molecule has 0 heterocycles. The molecule has 15 heteroatoms. The third kappa shape index (κ3) is 13.5. The fraction of sp³-hybridized carbons (Fsp3) is 0.520. The highest BCUT2D eigenvalue weighted by molar-refractivity contribution is 5.96. The van der Waals surface area contributed by atoms with Gasteiger partial charge in [0, 0.05) is 6.54 Å². The van der Waals surface area contributed by atoms with Gasteiger partial charge in [0.25, 0.3) is 0 Å². The summed E-state index contributed by atoms with van der Waals surface area (Å²) in [7, 11) is 0. The normalized spacial score (nSPS) is 13.7. The van der Waals surface area contributed by atoms with Crippen molar-refractivity contribution in [3.05, 3.63) is 35.9 Å². The molecule has 0 radical (unpaired) electrons. The summed E-state index contributed by atoms with van der Waals surface area (Å²) in [5, 5.41) is 16.8. The number of carboxylic acids is 1. The number of aliphatic carboxylic acids is 1. The van der Waals surface area contributed by atoms with Crippen LogP contribution in [0.4, 0.5) is 0 Å². The molecule has 15 nitrogen and oxygen atoms in total. The molecular formula is C25H41N9O6. The molecular weight excluding hydrogens is 522 g/mol. The molecule has 0 aromatic heterocycles. The van der Waals surface area contributed by atoms with Crippen LogP contribution in [0.15, 0.2) is 35.3 Å². The van der Waals surface area contributed by atoms with Gasteiger partial charge in [0.15, 0.2) is 5.96 Å². The van der Waals surface area contributed by atoms with E-state index in [2.05, 4.69) is 20.9 Å². The van der Waals surface area contributed by atoms with E-state index in [0.29, 0.717) is 19.4 Å². The first-order chi connectivity index (χ1) is 18.9. The Morgan fingerprint density at radius 3 is 1.95 bits per heavy atom. The number of primary amides is 1. The number of carboxylic acid groups (broad SMARTS) is 1. The third-order valence-corrected chi connectivity index (χ3v) is 5.81. The van der Waals surface area contributed by atoms with Crippen LogP contribution in [0.5, 0.6) is 0 Å². The van der Waals surface area contributed by atoms with Gasteiger partial charge in [-0.05, 0) is 50.6 Å². The molecule has 4 amide bonds. The van der Waals surface area contributed by atoms with E-state index in [1.807, 2.05) is 6.07 Å². The smallest absolute Gasteiger partial charge is 0.326 e. The summed E-state index contributed by atoms with van der Waals surface area (Å²) in [6.45, 7) is 0.502. The molecule has 4 unspecified atom stereocenters. The second kappa shape index (κ2) is 18.1. The summed E-state index contributed by atoms with van der Waals surface area (Å²) in [6, 6.07) is 4.04. The number of rotatable bonds is 19. The Hall–Kier alpha value is -4.24. The van der Waals surface area contributed by atoms with E-state index in [4.69, 9.17) is 28.7 Å². The number of nitrogens with one attached hydrogen (secondary N) is 3. The van der Waals surface area contributed by atoms with Gasteiger partial charge in [-0.2, -0.15) is 0 Å². The van der Waals surface area contributed by atoms with E-state index in [1.165, 1.54) is 0 Å². The number of hydrogen-bond donors (Lipinski definition) is 9. The van der Waals surface area contributed by atoms with E-state index >= 15 is 0 Å². The van der Waals surface area contributed by atoms with Gasteiger partial charge >= 0.3 is 5.97 Å². The first kappa shape index (κ1) is 33.8. The quantitative estimate of drug-likeness (QED) is 0.0471. The van der Waals surface area contributed by atoms with E-state index < -0.39 is 60.2 Å². The van der Waals surface area contributed by atoms with Crippen LogP contribution in [0, 0.1) is 0 Å². The third-order valence-electron chi connectivity index (χ3n) is 5.81. The van der Waals surface area contributed by atoms with Crippen LogP contribution in [-0.2, 0) is 30.4 Å². The molecule has 1 aromatic carbocycles. The molecule has 0 fully saturated rings. The summed E-state index contributed by atoms with van der Waals surface area (Å²) >= 11 is 0. The van der Waals surface area contributed by atoms with Gasteiger partial charge in [0.05, 0.1) is 12.5 Å². The van der Waals surface area contributed by atoms with E-state index in [-0.39, 0.29) is 38.2 Å². The van der Waals surface area contributed by atoms with Crippen LogP contribution in [0.1, 0.15) is 44.1 Å². The van der Waals surface area contributed by atoms with Crippen molar-refractivity contribution in [2.45, 2.75) is 69.1 Å². The van der Waals surface area contributed by atoms with Crippen LogP contribution in [0.3, 0.4) is 0 Å². The molecule has 222 valence electrons. The zero-order valence-electron chi connectivity index (χ0n) is 22.4. The Morgan fingerprint density at radius 2 is 1.38 bits per heavy atom. The zero-order chi connectivity index (χ0) is 30.1. The average molecular weight is 564 g/mol. The van der Waals surface area contributed by atoms with Crippen molar-refractivity contribution < 1.29 is 29.1 Å². The summed E-state index contributed by atoms with van der Waals surface area (Å²) in [6.07, 6.45) is 1.05. The largest absolute Gasteiger partial charge is 0.480 e. The molecule has 1 rings (SSSR count). The van der Waals surface area contributed by atoms with Gasteiger partial charge in [-0.25, -0.2) is 4.79 Å². The number of carbonyl (C=O) groups is 5. The lowest BCUT2D eigenvalue weighted by Gasteiger charge is -2.25. The van der Waals surface area contributed by atoms with E-state index in [1.54, 1.807) is 24.3 Å². The molecule has 0 saturated heterocycles. The highest BCUT2D eigenvalue weighted by atomic mass is 16.4. The molecule has 0 spiro atoms. The number of aliphatic imine (C=N–C) groups is 1. The van der Waals surface area contributed by atoms with Crippen molar-refractivity contribution in [1.29, 1.82) is 0 Å². The number of nitrogens with two attached hydrogens (primary N) is 5. The highest BCUT2D eigenvalue weighted by Crippen LogP contribution is 2.07. The lowest BCUT2D eigenvalue weighted by molar-refractivity contribution is -0.142. The second-order valence-electron chi connectivity index (χ2n) is 9.22. The van der Waals surface area contributed by atoms with Crippen molar-refractivity contribution in [3.8, 4) is 0 Å². The van der Waals surface area contributed by atoms with Gasteiger partial charge in [-0.3, -0.25) is 24.2 Å². The molecule has 0 bridgehead atoms. The molecule has 40 heavy (non-hydrogen) atoms. The Balaban J connectivity index is 3.01. The maximum absolute atomic E-state index is 13.1. The average Bonchev–Trinajstić information content (AvgIpc) is 2.89. The minimum absolute atomic E-state index is 0.0221. The lowest BCUT2D eigenvalue weighted by Crippen LogP contribution is -2.58. The van der Waals surface area contributed by atoms with Gasteiger partial charge in [-0.15, -0.1) is 0 Å². The minimum Gasteiger partial charge on any atom is -0.480 e. The number of unbranched alkanes of at least 4 members (excludes halogenated alkanes) is 1. The van der Waals surface area contributed by atoms with Crippen LogP contribution < -0.4 is 44.6 Å². The SMILES string of the molecule is NCCCCC(NC(=O)C(CCCN=C(N)N)NC(=O)C(CC(N)=O)NC(=O)C(N)Cc1ccccc1)C(=O)O. The molecule has 0 saturated carbocycles. The van der Waals surface area contributed by atoms with Crippen LogP contribution in [0.2, 0.25) is 0 Å². The van der Waals surface area contributed by atoms with Gasteiger partial charge in [0.1, 0.15) is 18.1 Å². The molecule has 0 aliphatic rings. The van der Waals surface area contributed by atoms with E-state index in [9.17, 15) is 29.1 Å². The first-order valence-electron chi connectivity index (χ1n) is 12.9. The topological polar surface area (TPSA) is 284 Å². The fourth-order valence-corrected chi connectivity index (χ4v) is 3.72. The fourth-order valence-electron chi connectivity index (χ4n) is 3.72. The Morgan fingerprint density at radius 1 is 0.800 bits per heavy atom. The highest BCUT2D eigenvalue weighted by Gasteiger charge is 2.31. The number of hydrogen-bond acceptors (Lipinski definition) is 8. The molecule has 0 aliphatic carbocycles. The zero-order valence-corrected chi connectivity index (χ0v) is 22.4. The Kier molecular flexibility index (Phi) is 15.3. The summed E-state index contributed by atoms with van der Waals surface area (Å²) < 4.78 is 0. The van der Waals surface area contributed by atoms with Gasteiger partial charge < -0.3 is 49.7 Å². The number of guanidine groups is 1. The maximum Gasteiger partial charge on any atom is 0.326 e. The summed E-state index contributed by atoms with van der Waals surface area (Å²) in [5.74, 6) is -4.64. The monoisotopic (exact) mass is 563 g/mol. The number of nitrogens with zero attached hydrogens (tertiary/aromatic N) is 1. The molecule has 0 aliphatic heterocycles. The predicted molar refractivity (Wildman–Crippen MR) is 148 cm³/mol. The van der Waals surface area contributed by atoms with Crippen molar-refractivity contribution in [3.63, 3.8) is 0 Å². The Labute approximate surface area is 232 Å². The predicted octanol–water partition coefficient (Wildman–Crippen LogP) is -2.85. The summed E-state index contributed by atoms with van der Waals surface area (Å²) in [4.78, 5) is 66.0. The van der Waals surface area contributed by atoms with Crippen molar-refractivity contribution in [1.82, 2.24) is 16.0 Å². The number of benzene rings is 1. The van der Waals surface area contributed by atoms with Crippen LogP contribution in [-0.4, -0.2) is 77.9 Å². The molecule has 14 N–H and O–H groups in total. The molecule has 4 atom stereocenters. The van der Waals surface area contributed by atoms with Crippen molar-refractivity contribution >= 4 is 35.6 Å². The lowest BCUT2D eigenvalue weighted by atomic mass is 10.0. The summed E-state index contributed by atoms with van der Waals surface area (Å²) in [5.41, 5.74) is 28.2. The van der Waals surface area contributed by atoms with Crippen molar-refractivity contribution in [2.24, 2.45) is 33.7 Å². The van der Waals surface area contributed by atoms with Gasteiger partial charge in [0.2, 0.25) is 23.6 Å². The first-order valence-corrected chi connectivity index (χ1v) is 12.9. The number of carbonyl (C=O) groups excluding carboxylic acids is 4.